The van der Waals surface area contributed by atoms with Crippen molar-refractivity contribution < 1.29 is 14.7 Å². The molecule has 1 rings (SSSR count). The van der Waals surface area contributed by atoms with Crippen molar-refractivity contribution in [2.45, 2.75) is 39.2 Å². The molecule has 6 heteroatoms. The molecule has 2 amide bonds. The van der Waals surface area contributed by atoms with Gasteiger partial charge < -0.3 is 15.7 Å². The molecular formula is C14H19BrN2O3. The Labute approximate surface area is 126 Å². The normalized spacial score (nSPS) is 11.0. The third kappa shape index (κ3) is 4.85. The van der Waals surface area contributed by atoms with Crippen LogP contribution in [0.2, 0.25) is 0 Å². The molecule has 20 heavy (non-hydrogen) atoms. The summed E-state index contributed by atoms with van der Waals surface area (Å²) in [6.07, 6.45) is 1.85. The zero-order valence-corrected chi connectivity index (χ0v) is 13.4. The first-order valence-corrected chi connectivity index (χ1v) is 7.16. The van der Waals surface area contributed by atoms with Crippen molar-refractivity contribution in [1.29, 1.82) is 0 Å². The van der Waals surface area contributed by atoms with Gasteiger partial charge in [-0.2, -0.15) is 0 Å². The summed E-state index contributed by atoms with van der Waals surface area (Å²) in [5, 5.41) is 14.5. The summed E-state index contributed by atoms with van der Waals surface area (Å²) in [6, 6.07) is 4.14. The van der Waals surface area contributed by atoms with Gasteiger partial charge >= 0.3 is 12.0 Å². The van der Waals surface area contributed by atoms with Crippen molar-refractivity contribution in [3.63, 3.8) is 0 Å². The van der Waals surface area contributed by atoms with Crippen LogP contribution in [0.3, 0.4) is 0 Å². The maximum Gasteiger partial charge on any atom is 0.335 e. The van der Waals surface area contributed by atoms with E-state index >= 15 is 0 Å². The van der Waals surface area contributed by atoms with Crippen molar-refractivity contribution in [3.05, 3.63) is 28.2 Å². The van der Waals surface area contributed by atoms with E-state index in [4.69, 9.17) is 5.11 Å². The van der Waals surface area contributed by atoms with Gasteiger partial charge in [0.2, 0.25) is 0 Å². The van der Waals surface area contributed by atoms with Gasteiger partial charge in [-0.1, -0.05) is 13.3 Å². The van der Waals surface area contributed by atoms with Crippen LogP contribution in [0.5, 0.6) is 0 Å². The van der Waals surface area contributed by atoms with E-state index in [0.29, 0.717) is 10.2 Å². The fraction of sp³-hybridized carbons (Fsp3) is 0.429. The van der Waals surface area contributed by atoms with Gasteiger partial charge in [-0.25, -0.2) is 9.59 Å². The maximum absolute atomic E-state index is 11.9. The van der Waals surface area contributed by atoms with Crippen LogP contribution in [0.25, 0.3) is 0 Å². The highest BCUT2D eigenvalue weighted by Gasteiger charge is 2.19. The molecule has 0 unspecified atom stereocenters. The number of aromatic carboxylic acids is 1. The summed E-state index contributed by atoms with van der Waals surface area (Å²) < 4.78 is 0.529. The van der Waals surface area contributed by atoms with Crippen LogP contribution in [0.4, 0.5) is 10.5 Å². The lowest BCUT2D eigenvalue weighted by atomic mass is 9.99. The molecule has 0 atom stereocenters. The lowest BCUT2D eigenvalue weighted by molar-refractivity contribution is 0.0697. The second-order valence-electron chi connectivity index (χ2n) is 5.21. The summed E-state index contributed by atoms with van der Waals surface area (Å²) in [5.41, 5.74) is 0.403. The smallest absolute Gasteiger partial charge is 0.335 e. The Morgan fingerprint density at radius 3 is 2.50 bits per heavy atom. The van der Waals surface area contributed by atoms with Crippen molar-refractivity contribution in [1.82, 2.24) is 5.32 Å². The van der Waals surface area contributed by atoms with Crippen LogP contribution in [-0.2, 0) is 0 Å². The van der Waals surface area contributed by atoms with Gasteiger partial charge in [-0.05, 0) is 54.4 Å². The van der Waals surface area contributed by atoms with Crippen LogP contribution in [0.15, 0.2) is 22.7 Å². The zero-order valence-electron chi connectivity index (χ0n) is 11.8. The number of carbonyl (C=O) groups excluding carboxylic acids is 1. The first-order valence-electron chi connectivity index (χ1n) is 6.37. The average Bonchev–Trinajstić information content (AvgIpc) is 2.30. The molecule has 0 spiro atoms. The Kier molecular flexibility index (Phi) is 5.56. The minimum absolute atomic E-state index is 0.161. The molecule has 0 saturated carbocycles. The molecule has 0 heterocycles. The van der Waals surface area contributed by atoms with E-state index in [-0.39, 0.29) is 17.1 Å². The van der Waals surface area contributed by atoms with Gasteiger partial charge in [0.15, 0.2) is 0 Å². The number of amides is 2. The Hall–Kier alpha value is -1.56. The number of benzene rings is 1. The Morgan fingerprint density at radius 1 is 1.35 bits per heavy atom. The molecule has 3 N–H and O–H groups in total. The fourth-order valence-electron chi connectivity index (χ4n) is 1.90. The van der Waals surface area contributed by atoms with E-state index in [1.54, 1.807) is 6.07 Å². The van der Waals surface area contributed by atoms with Crippen LogP contribution in [0, 0.1) is 0 Å². The highest BCUT2D eigenvalue weighted by Crippen LogP contribution is 2.24. The molecule has 0 fully saturated rings. The number of hydrogen-bond donors (Lipinski definition) is 3. The summed E-state index contributed by atoms with van der Waals surface area (Å²) in [7, 11) is 0. The van der Waals surface area contributed by atoms with Gasteiger partial charge in [0.05, 0.1) is 11.3 Å². The Bertz CT molecular complexity index is 515. The van der Waals surface area contributed by atoms with Crippen LogP contribution in [-0.4, -0.2) is 22.6 Å². The molecule has 1 aromatic rings. The quantitative estimate of drug-likeness (QED) is 0.760. The van der Waals surface area contributed by atoms with E-state index in [1.807, 2.05) is 13.8 Å². The van der Waals surface area contributed by atoms with E-state index in [9.17, 15) is 9.59 Å². The van der Waals surface area contributed by atoms with Gasteiger partial charge in [0, 0.05) is 10.0 Å². The minimum Gasteiger partial charge on any atom is -0.478 e. The van der Waals surface area contributed by atoms with Crippen molar-refractivity contribution in [2.24, 2.45) is 0 Å². The summed E-state index contributed by atoms with van der Waals surface area (Å²) in [4.78, 5) is 22.7. The molecule has 110 valence electrons. The van der Waals surface area contributed by atoms with Crippen LogP contribution < -0.4 is 10.6 Å². The van der Waals surface area contributed by atoms with Crippen molar-refractivity contribution >= 4 is 33.6 Å². The van der Waals surface area contributed by atoms with Gasteiger partial charge in [0.25, 0.3) is 0 Å². The standard InChI is InChI=1S/C14H19BrN2O3/c1-4-7-14(2,3)17-13(20)16-11-6-5-9(12(18)19)8-10(11)15/h5-6,8H,4,7H2,1-3H3,(H,18,19)(H2,16,17,20). The zero-order chi connectivity index (χ0) is 15.3. The number of hydrogen-bond acceptors (Lipinski definition) is 2. The largest absolute Gasteiger partial charge is 0.478 e. The highest BCUT2D eigenvalue weighted by molar-refractivity contribution is 9.10. The van der Waals surface area contributed by atoms with E-state index < -0.39 is 5.97 Å². The second kappa shape index (κ2) is 6.74. The summed E-state index contributed by atoms with van der Waals surface area (Å²) >= 11 is 3.25. The monoisotopic (exact) mass is 342 g/mol. The number of carboxylic acid groups (broad SMARTS) is 1. The number of carbonyl (C=O) groups is 2. The number of carboxylic acids is 1. The lowest BCUT2D eigenvalue weighted by Gasteiger charge is -2.26. The van der Waals surface area contributed by atoms with Gasteiger partial charge in [-0.15, -0.1) is 0 Å². The molecular weight excluding hydrogens is 324 g/mol. The molecule has 0 bridgehead atoms. The fourth-order valence-corrected chi connectivity index (χ4v) is 2.38. The molecule has 0 aromatic heterocycles. The average molecular weight is 343 g/mol. The molecule has 1 aromatic carbocycles. The number of nitrogens with one attached hydrogen (secondary N) is 2. The molecule has 0 aliphatic carbocycles. The first kappa shape index (κ1) is 16.5. The number of rotatable bonds is 5. The molecule has 5 nitrogen and oxygen atoms in total. The minimum atomic E-state index is -1.01. The molecule has 0 aliphatic rings. The van der Waals surface area contributed by atoms with Crippen LogP contribution in [0.1, 0.15) is 44.0 Å². The van der Waals surface area contributed by atoms with Gasteiger partial charge in [0.1, 0.15) is 0 Å². The molecule has 0 saturated heterocycles. The van der Waals surface area contributed by atoms with E-state index in [1.165, 1.54) is 12.1 Å². The first-order chi connectivity index (χ1) is 9.25. The number of anilines is 1. The van der Waals surface area contributed by atoms with E-state index in [0.717, 1.165) is 12.8 Å². The summed E-state index contributed by atoms with van der Waals surface area (Å²) in [5.74, 6) is -1.01. The molecule has 0 aliphatic heterocycles. The highest BCUT2D eigenvalue weighted by atomic mass is 79.9. The third-order valence-electron chi connectivity index (χ3n) is 2.79. The third-order valence-corrected chi connectivity index (χ3v) is 3.45. The van der Waals surface area contributed by atoms with E-state index in [2.05, 4.69) is 33.5 Å². The SMILES string of the molecule is CCCC(C)(C)NC(=O)Nc1ccc(C(=O)O)cc1Br. The predicted octanol–water partition coefficient (Wildman–Crippen LogP) is 3.85. The molecule has 0 radical (unpaired) electrons. The van der Waals surface area contributed by atoms with Crippen molar-refractivity contribution in [2.75, 3.05) is 5.32 Å². The Balaban J connectivity index is 2.74. The van der Waals surface area contributed by atoms with Gasteiger partial charge in [-0.3, -0.25) is 0 Å². The second-order valence-corrected chi connectivity index (χ2v) is 6.07. The van der Waals surface area contributed by atoms with Crippen molar-refractivity contribution in [3.8, 4) is 0 Å². The number of halogens is 1. The predicted molar refractivity (Wildman–Crippen MR) is 82.2 cm³/mol. The number of urea groups is 1. The lowest BCUT2D eigenvalue weighted by Crippen LogP contribution is -2.45. The summed E-state index contributed by atoms with van der Waals surface area (Å²) in [6.45, 7) is 5.97. The topological polar surface area (TPSA) is 78.4 Å². The maximum atomic E-state index is 11.9. The van der Waals surface area contributed by atoms with Crippen LogP contribution >= 0.6 is 15.9 Å². The Morgan fingerprint density at radius 2 is 2.00 bits per heavy atom.